The maximum atomic E-state index is 13.7. The first-order valence-corrected chi connectivity index (χ1v) is 10.3. The molecule has 0 atom stereocenters. The Morgan fingerprint density at radius 1 is 1.25 bits per heavy atom. The van der Waals surface area contributed by atoms with Gasteiger partial charge in [-0.1, -0.05) is 0 Å². The van der Waals surface area contributed by atoms with Crippen molar-refractivity contribution >= 4 is 46.3 Å². The van der Waals surface area contributed by atoms with E-state index in [1.807, 2.05) is 6.92 Å². The Morgan fingerprint density at radius 2 is 2.04 bits per heavy atom. The molecule has 3 rings (SSSR count). The predicted molar refractivity (Wildman–Crippen MR) is 124 cm³/mol. The van der Waals surface area contributed by atoms with Crippen molar-refractivity contribution in [1.29, 1.82) is 0 Å². The molecule has 0 amide bonds. The maximum Gasteiger partial charge on any atom is 0.191 e. The molecule has 1 aliphatic heterocycles. The van der Waals surface area contributed by atoms with Gasteiger partial charge < -0.3 is 15.5 Å². The molecule has 0 aliphatic carbocycles. The highest BCUT2D eigenvalue weighted by Gasteiger charge is 2.20. The van der Waals surface area contributed by atoms with Crippen molar-refractivity contribution in [3.8, 4) is 0 Å². The van der Waals surface area contributed by atoms with Crippen LogP contribution in [-0.2, 0) is 6.42 Å². The number of nitrogens with zero attached hydrogens (tertiary/aromatic N) is 2. The van der Waals surface area contributed by atoms with E-state index in [2.05, 4.69) is 38.0 Å². The number of anilines is 1. The number of hydrogen-bond acceptors (Lipinski definition) is 3. The van der Waals surface area contributed by atoms with Gasteiger partial charge in [0.1, 0.15) is 11.6 Å². The lowest BCUT2D eigenvalue weighted by molar-refractivity contribution is 0.463. The largest absolute Gasteiger partial charge is 0.363 e. The quantitative estimate of drug-likeness (QED) is 0.337. The average molecular weight is 520 g/mol. The van der Waals surface area contributed by atoms with Crippen LogP contribution in [0.25, 0.3) is 0 Å². The molecule has 28 heavy (non-hydrogen) atoms. The summed E-state index contributed by atoms with van der Waals surface area (Å²) in [5.41, 5.74) is 0.360. The van der Waals surface area contributed by atoms with Gasteiger partial charge in [-0.3, -0.25) is 4.99 Å². The topological polar surface area (TPSA) is 39.7 Å². The van der Waals surface area contributed by atoms with Crippen LogP contribution in [0.15, 0.2) is 40.7 Å². The van der Waals surface area contributed by atoms with Crippen LogP contribution in [0.4, 0.5) is 13.8 Å². The number of thiophene rings is 1. The van der Waals surface area contributed by atoms with Gasteiger partial charge in [0.25, 0.3) is 0 Å². The van der Waals surface area contributed by atoms with Gasteiger partial charge in [0, 0.05) is 32.2 Å². The molecule has 2 N–H and O–H groups in total. The van der Waals surface area contributed by atoms with Gasteiger partial charge in [-0.2, -0.15) is 0 Å². The number of rotatable bonds is 6. The van der Waals surface area contributed by atoms with Crippen molar-refractivity contribution in [2.45, 2.75) is 32.2 Å². The Labute approximate surface area is 186 Å². The molecule has 0 spiro atoms. The van der Waals surface area contributed by atoms with Crippen LogP contribution in [0, 0.1) is 11.6 Å². The van der Waals surface area contributed by atoms with Crippen molar-refractivity contribution in [3.63, 3.8) is 0 Å². The van der Waals surface area contributed by atoms with Crippen LogP contribution in [0.3, 0.4) is 0 Å². The summed E-state index contributed by atoms with van der Waals surface area (Å²) in [5, 5.41) is 10.2. The number of hydrogen-bond donors (Lipinski definition) is 2. The molecule has 1 aromatic heterocycles. The Balaban J connectivity index is 0.00000280. The van der Waals surface area contributed by atoms with E-state index < -0.39 is 5.82 Å². The van der Waals surface area contributed by atoms with E-state index in [1.54, 1.807) is 11.3 Å². The SMILES string of the molecule is CCNC(=NCCc1cc(F)ccc1F)NC1CCN(c2cccs2)CC1.I. The first-order chi connectivity index (χ1) is 13.2. The van der Waals surface area contributed by atoms with Gasteiger partial charge in [-0.15, -0.1) is 35.3 Å². The fourth-order valence-electron chi connectivity index (χ4n) is 3.23. The van der Waals surface area contributed by atoms with E-state index in [9.17, 15) is 8.78 Å². The molecule has 154 valence electrons. The van der Waals surface area contributed by atoms with Crippen LogP contribution < -0.4 is 15.5 Å². The molecular weight excluding hydrogens is 493 g/mol. The summed E-state index contributed by atoms with van der Waals surface area (Å²) in [5.74, 6) is -0.0627. The number of benzene rings is 1. The van der Waals surface area contributed by atoms with Gasteiger partial charge in [-0.05, 0) is 67.5 Å². The van der Waals surface area contributed by atoms with Crippen LogP contribution in [-0.4, -0.2) is 38.2 Å². The fourth-order valence-corrected chi connectivity index (χ4v) is 4.02. The lowest BCUT2D eigenvalue weighted by Gasteiger charge is -2.33. The molecule has 4 nitrogen and oxygen atoms in total. The van der Waals surface area contributed by atoms with Crippen LogP contribution >= 0.6 is 35.3 Å². The summed E-state index contributed by atoms with van der Waals surface area (Å²) >= 11 is 1.78. The van der Waals surface area contributed by atoms with Gasteiger partial charge in [0.05, 0.1) is 5.00 Å². The molecular formula is C20H27F2IN4S. The number of nitrogens with one attached hydrogen (secondary N) is 2. The second-order valence-electron chi connectivity index (χ2n) is 6.60. The minimum Gasteiger partial charge on any atom is -0.363 e. The minimum absolute atomic E-state index is 0. The summed E-state index contributed by atoms with van der Waals surface area (Å²) in [7, 11) is 0. The standard InChI is InChI=1S/C20H26F2N4S.HI/c1-2-23-20(24-10-7-15-14-16(21)5-6-18(15)22)25-17-8-11-26(12-9-17)19-4-3-13-27-19;/h3-6,13-14,17H,2,7-12H2,1H3,(H2,23,24,25);1H. The second kappa shape index (κ2) is 11.5. The molecule has 1 fully saturated rings. The molecule has 0 radical (unpaired) electrons. The first-order valence-electron chi connectivity index (χ1n) is 9.43. The summed E-state index contributed by atoms with van der Waals surface area (Å²) in [4.78, 5) is 6.95. The highest BCUT2D eigenvalue weighted by molar-refractivity contribution is 14.0. The molecule has 2 aromatic rings. The smallest absolute Gasteiger partial charge is 0.191 e. The van der Waals surface area contributed by atoms with Gasteiger partial charge >= 0.3 is 0 Å². The van der Waals surface area contributed by atoms with Crippen molar-refractivity contribution in [2.75, 3.05) is 31.1 Å². The van der Waals surface area contributed by atoms with E-state index in [1.165, 1.54) is 17.1 Å². The van der Waals surface area contributed by atoms with Crippen molar-refractivity contribution < 1.29 is 8.78 Å². The Morgan fingerprint density at radius 3 is 2.71 bits per heavy atom. The van der Waals surface area contributed by atoms with Gasteiger partial charge in [-0.25, -0.2) is 8.78 Å². The third kappa shape index (κ3) is 6.58. The molecule has 1 saturated heterocycles. The zero-order chi connectivity index (χ0) is 19.1. The number of halogens is 3. The predicted octanol–water partition coefficient (Wildman–Crippen LogP) is 4.41. The monoisotopic (exact) mass is 520 g/mol. The van der Waals surface area contributed by atoms with E-state index >= 15 is 0 Å². The Hall–Kier alpha value is -1.42. The Bertz CT molecular complexity index is 747. The molecule has 0 unspecified atom stereocenters. The average Bonchev–Trinajstić information content (AvgIpc) is 3.20. The summed E-state index contributed by atoms with van der Waals surface area (Å²) in [6, 6.07) is 8.16. The summed E-state index contributed by atoms with van der Waals surface area (Å²) in [6.07, 6.45) is 2.46. The number of aliphatic imine (C=N–C) groups is 1. The summed E-state index contributed by atoms with van der Waals surface area (Å²) < 4.78 is 27.0. The fraction of sp³-hybridized carbons (Fsp3) is 0.450. The third-order valence-corrected chi connectivity index (χ3v) is 5.59. The van der Waals surface area contributed by atoms with Gasteiger partial charge in [0.15, 0.2) is 5.96 Å². The highest BCUT2D eigenvalue weighted by atomic mass is 127. The lowest BCUT2D eigenvalue weighted by atomic mass is 10.1. The van der Waals surface area contributed by atoms with Crippen LogP contribution in [0.1, 0.15) is 25.3 Å². The van der Waals surface area contributed by atoms with Crippen molar-refractivity contribution in [3.05, 3.63) is 52.9 Å². The molecule has 0 saturated carbocycles. The van der Waals surface area contributed by atoms with Gasteiger partial charge in [0.2, 0.25) is 0 Å². The van der Waals surface area contributed by atoms with E-state index in [4.69, 9.17) is 0 Å². The van der Waals surface area contributed by atoms with Crippen LogP contribution in [0.5, 0.6) is 0 Å². The lowest BCUT2D eigenvalue weighted by Crippen LogP contribution is -2.48. The molecule has 0 bridgehead atoms. The van der Waals surface area contributed by atoms with E-state index in [0.717, 1.165) is 44.5 Å². The minimum atomic E-state index is -0.419. The Kier molecular flexibility index (Phi) is 9.43. The summed E-state index contributed by atoms with van der Waals surface area (Å²) in [6.45, 7) is 5.22. The van der Waals surface area contributed by atoms with E-state index in [0.29, 0.717) is 24.6 Å². The zero-order valence-corrected chi connectivity index (χ0v) is 19.1. The number of guanidine groups is 1. The maximum absolute atomic E-state index is 13.7. The second-order valence-corrected chi connectivity index (χ2v) is 7.53. The molecule has 1 aliphatic rings. The van der Waals surface area contributed by atoms with Crippen molar-refractivity contribution in [1.82, 2.24) is 10.6 Å². The molecule has 1 aromatic carbocycles. The zero-order valence-electron chi connectivity index (χ0n) is 16.0. The third-order valence-electron chi connectivity index (χ3n) is 4.66. The first kappa shape index (κ1) is 22.9. The van der Waals surface area contributed by atoms with Crippen molar-refractivity contribution in [2.24, 2.45) is 4.99 Å². The van der Waals surface area contributed by atoms with E-state index in [-0.39, 0.29) is 29.8 Å². The molecule has 8 heteroatoms. The molecule has 2 heterocycles. The normalized spacial score (nSPS) is 15.2. The number of piperidine rings is 1. The van der Waals surface area contributed by atoms with Crippen LogP contribution in [0.2, 0.25) is 0 Å². The highest BCUT2D eigenvalue weighted by Crippen LogP contribution is 2.24.